The third kappa shape index (κ3) is 4.40. The largest absolute Gasteiger partial charge is 0.298 e. The van der Waals surface area contributed by atoms with Gasteiger partial charge >= 0.3 is 0 Å². The second kappa shape index (κ2) is 7.71. The van der Waals surface area contributed by atoms with Gasteiger partial charge < -0.3 is 0 Å². The van der Waals surface area contributed by atoms with Gasteiger partial charge in [0.1, 0.15) is 5.82 Å². The summed E-state index contributed by atoms with van der Waals surface area (Å²) < 4.78 is 13.8. The molecule has 0 aliphatic carbocycles. The van der Waals surface area contributed by atoms with Gasteiger partial charge in [0, 0.05) is 38.8 Å². The van der Waals surface area contributed by atoms with E-state index >= 15 is 0 Å². The van der Waals surface area contributed by atoms with Gasteiger partial charge in [0.15, 0.2) is 0 Å². The molecule has 0 unspecified atom stereocenters. The molecule has 1 aliphatic heterocycles. The van der Waals surface area contributed by atoms with Gasteiger partial charge in [0.2, 0.25) is 0 Å². The molecule has 1 saturated heterocycles. The number of piperazine rings is 1. The van der Waals surface area contributed by atoms with E-state index in [0.717, 1.165) is 44.7 Å². The van der Waals surface area contributed by atoms with Crippen LogP contribution in [0.25, 0.3) is 0 Å². The van der Waals surface area contributed by atoms with Crippen molar-refractivity contribution >= 4 is 0 Å². The zero-order valence-corrected chi connectivity index (χ0v) is 13.8. The zero-order valence-electron chi connectivity index (χ0n) is 13.8. The highest BCUT2D eigenvalue weighted by molar-refractivity contribution is 5.18. The van der Waals surface area contributed by atoms with Gasteiger partial charge in [-0.3, -0.25) is 9.80 Å². The lowest BCUT2D eigenvalue weighted by atomic mass is 10.0. The van der Waals surface area contributed by atoms with Crippen molar-refractivity contribution in [3.63, 3.8) is 0 Å². The summed E-state index contributed by atoms with van der Waals surface area (Å²) in [6, 6.07) is 18.1. The maximum Gasteiger partial charge on any atom is 0.126 e. The van der Waals surface area contributed by atoms with Gasteiger partial charge in [-0.15, -0.1) is 0 Å². The van der Waals surface area contributed by atoms with Crippen LogP contribution in [-0.4, -0.2) is 42.0 Å². The Balaban J connectivity index is 1.49. The van der Waals surface area contributed by atoms with Crippen LogP contribution in [0.4, 0.5) is 4.39 Å². The molecule has 1 fully saturated rings. The highest BCUT2D eigenvalue weighted by Gasteiger charge is 2.21. The Hall–Kier alpha value is -1.71. The predicted octanol–water partition coefficient (Wildman–Crippen LogP) is 3.57. The molecular weight excluding hydrogens is 287 g/mol. The lowest BCUT2D eigenvalue weighted by Gasteiger charge is -2.38. The second-order valence-corrected chi connectivity index (χ2v) is 6.44. The van der Waals surface area contributed by atoms with Gasteiger partial charge in [-0.2, -0.15) is 0 Å². The van der Waals surface area contributed by atoms with Crippen molar-refractivity contribution in [1.82, 2.24) is 9.80 Å². The SMILES string of the molecule is C[C@@H](Cc1ccccc1F)N1CCN(Cc2ccccc2)CC1. The fourth-order valence-corrected chi connectivity index (χ4v) is 3.32. The Morgan fingerprint density at radius 1 is 0.913 bits per heavy atom. The summed E-state index contributed by atoms with van der Waals surface area (Å²) in [6.07, 6.45) is 0.783. The van der Waals surface area contributed by atoms with Crippen molar-refractivity contribution in [2.45, 2.75) is 25.9 Å². The minimum absolute atomic E-state index is 0.0814. The van der Waals surface area contributed by atoms with Crippen LogP contribution in [-0.2, 0) is 13.0 Å². The Kier molecular flexibility index (Phi) is 5.42. The molecule has 23 heavy (non-hydrogen) atoms. The Labute approximate surface area is 138 Å². The lowest BCUT2D eigenvalue weighted by Crippen LogP contribution is -2.49. The van der Waals surface area contributed by atoms with Crippen LogP contribution < -0.4 is 0 Å². The van der Waals surface area contributed by atoms with Crippen molar-refractivity contribution < 1.29 is 4.39 Å². The summed E-state index contributed by atoms with van der Waals surface area (Å²) in [7, 11) is 0. The van der Waals surface area contributed by atoms with E-state index in [9.17, 15) is 4.39 Å². The highest BCUT2D eigenvalue weighted by atomic mass is 19.1. The predicted molar refractivity (Wildman–Crippen MR) is 92.9 cm³/mol. The molecule has 122 valence electrons. The topological polar surface area (TPSA) is 6.48 Å². The standard InChI is InChI=1S/C20H25FN2/c1-17(15-19-9-5-6-10-20(19)21)23-13-11-22(12-14-23)16-18-7-3-2-4-8-18/h2-10,17H,11-16H2,1H3/t17-/m0/s1. The number of benzene rings is 2. The van der Waals surface area contributed by atoms with Gasteiger partial charge in [0.05, 0.1) is 0 Å². The summed E-state index contributed by atoms with van der Waals surface area (Å²) in [4.78, 5) is 4.98. The highest BCUT2D eigenvalue weighted by Crippen LogP contribution is 2.15. The third-order valence-electron chi connectivity index (χ3n) is 4.75. The van der Waals surface area contributed by atoms with Gasteiger partial charge in [-0.25, -0.2) is 4.39 Å². The molecule has 3 rings (SSSR count). The zero-order chi connectivity index (χ0) is 16.1. The molecule has 1 aliphatic rings. The van der Waals surface area contributed by atoms with Gasteiger partial charge in [0.25, 0.3) is 0 Å². The van der Waals surface area contributed by atoms with Crippen molar-refractivity contribution in [2.75, 3.05) is 26.2 Å². The molecule has 1 heterocycles. The monoisotopic (exact) mass is 312 g/mol. The normalized spacial score (nSPS) is 18.0. The van der Waals surface area contributed by atoms with E-state index in [-0.39, 0.29) is 5.82 Å². The van der Waals surface area contributed by atoms with Crippen LogP contribution in [0, 0.1) is 5.82 Å². The van der Waals surface area contributed by atoms with E-state index in [2.05, 4.69) is 47.1 Å². The molecule has 0 aromatic heterocycles. The first-order valence-electron chi connectivity index (χ1n) is 8.46. The first-order valence-corrected chi connectivity index (χ1v) is 8.46. The molecule has 0 N–H and O–H groups in total. The van der Waals surface area contributed by atoms with Gasteiger partial charge in [-0.1, -0.05) is 48.5 Å². The molecule has 0 bridgehead atoms. The van der Waals surface area contributed by atoms with Crippen LogP contribution in [0.15, 0.2) is 54.6 Å². The van der Waals surface area contributed by atoms with Gasteiger partial charge in [-0.05, 0) is 30.5 Å². The minimum Gasteiger partial charge on any atom is -0.298 e. The summed E-state index contributed by atoms with van der Waals surface area (Å²) in [6.45, 7) is 7.51. The number of halogens is 1. The summed E-state index contributed by atoms with van der Waals surface area (Å²) >= 11 is 0. The fraction of sp³-hybridized carbons (Fsp3) is 0.400. The smallest absolute Gasteiger partial charge is 0.126 e. The first kappa shape index (κ1) is 16.2. The second-order valence-electron chi connectivity index (χ2n) is 6.44. The van der Waals surface area contributed by atoms with E-state index in [1.54, 1.807) is 12.1 Å². The van der Waals surface area contributed by atoms with E-state index in [4.69, 9.17) is 0 Å². The van der Waals surface area contributed by atoms with Crippen molar-refractivity contribution in [3.05, 3.63) is 71.5 Å². The number of hydrogen-bond donors (Lipinski definition) is 0. The first-order chi connectivity index (χ1) is 11.2. The molecular formula is C20H25FN2. The van der Waals surface area contributed by atoms with Crippen LogP contribution in [0.2, 0.25) is 0 Å². The average molecular weight is 312 g/mol. The third-order valence-corrected chi connectivity index (χ3v) is 4.75. The molecule has 1 atom stereocenters. The Morgan fingerprint density at radius 3 is 2.26 bits per heavy atom. The molecule has 0 amide bonds. The van der Waals surface area contributed by atoms with Crippen LogP contribution >= 0.6 is 0 Å². The molecule has 2 aromatic carbocycles. The van der Waals surface area contributed by atoms with Crippen molar-refractivity contribution in [1.29, 1.82) is 0 Å². The summed E-state index contributed by atoms with van der Waals surface area (Å²) in [5.74, 6) is -0.0814. The Morgan fingerprint density at radius 2 is 1.57 bits per heavy atom. The number of hydrogen-bond acceptors (Lipinski definition) is 2. The maximum atomic E-state index is 13.8. The maximum absolute atomic E-state index is 13.8. The number of rotatable bonds is 5. The van der Waals surface area contributed by atoms with E-state index < -0.39 is 0 Å². The van der Waals surface area contributed by atoms with Crippen molar-refractivity contribution in [3.8, 4) is 0 Å². The molecule has 3 heteroatoms. The van der Waals surface area contributed by atoms with Crippen LogP contribution in [0.1, 0.15) is 18.1 Å². The molecule has 2 nitrogen and oxygen atoms in total. The minimum atomic E-state index is -0.0814. The fourth-order valence-electron chi connectivity index (χ4n) is 3.32. The van der Waals surface area contributed by atoms with Crippen LogP contribution in [0.5, 0.6) is 0 Å². The van der Waals surface area contributed by atoms with Crippen molar-refractivity contribution in [2.24, 2.45) is 0 Å². The van der Waals surface area contributed by atoms with E-state index in [1.165, 1.54) is 5.56 Å². The van der Waals surface area contributed by atoms with Crippen LogP contribution in [0.3, 0.4) is 0 Å². The quantitative estimate of drug-likeness (QED) is 0.833. The van der Waals surface area contributed by atoms with E-state index in [0.29, 0.717) is 6.04 Å². The van der Waals surface area contributed by atoms with E-state index in [1.807, 2.05) is 12.1 Å². The summed E-state index contributed by atoms with van der Waals surface area (Å²) in [5, 5.41) is 0. The average Bonchev–Trinajstić information content (AvgIpc) is 2.58. The molecule has 0 saturated carbocycles. The molecule has 0 radical (unpaired) electrons. The summed E-state index contributed by atoms with van der Waals surface area (Å²) in [5.41, 5.74) is 2.20. The molecule has 2 aromatic rings. The molecule has 0 spiro atoms. The lowest BCUT2D eigenvalue weighted by molar-refractivity contribution is 0.0975. The number of nitrogens with zero attached hydrogens (tertiary/aromatic N) is 2. The Bertz CT molecular complexity index is 606.